The van der Waals surface area contributed by atoms with Gasteiger partial charge >= 0.3 is 5.97 Å². The van der Waals surface area contributed by atoms with Crippen LogP contribution in [0.3, 0.4) is 0 Å². The van der Waals surface area contributed by atoms with Crippen LogP contribution in [-0.4, -0.2) is 33.1 Å². The lowest BCUT2D eigenvalue weighted by Crippen LogP contribution is -2.47. The van der Waals surface area contributed by atoms with Crippen LogP contribution in [-0.2, 0) is 22.3 Å². The van der Waals surface area contributed by atoms with Crippen molar-refractivity contribution in [3.05, 3.63) is 65.7 Å². The third-order valence-electron chi connectivity index (χ3n) is 9.60. The molecule has 0 spiro atoms. The Morgan fingerprint density at radius 1 is 0.976 bits per heavy atom. The topological polar surface area (TPSA) is 49.7 Å². The van der Waals surface area contributed by atoms with E-state index in [1.165, 1.54) is 61.4 Å². The second-order valence-electron chi connectivity index (χ2n) is 12.8. The Bertz CT molecular complexity index is 1380. The maximum atomic E-state index is 12.6. The Kier molecular flexibility index (Phi) is 10.4. The summed E-state index contributed by atoms with van der Waals surface area (Å²) in [6.45, 7) is 19.3. The van der Waals surface area contributed by atoms with Gasteiger partial charge in [-0.1, -0.05) is 72.9 Å². The zero-order valence-corrected chi connectivity index (χ0v) is 28.1. The van der Waals surface area contributed by atoms with Crippen LogP contribution in [0, 0.1) is 0 Å². The fourth-order valence-electron chi connectivity index (χ4n) is 7.78. The number of esters is 1. The average Bonchev–Trinajstić information content (AvgIpc) is 3.30. The Morgan fingerprint density at radius 2 is 1.64 bits per heavy atom. The van der Waals surface area contributed by atoms with Crippen LogP contribution in [0.4, 0.5) is 0 Å². The van der Waals surface area contributed by atoms with Gasteiger partial charge in [0.2, 0.25) is 8.32 Å². The van der Waals surface area contributed by atoms with Crippen molar-refractivity contribution >= 4 is 25.2 Å². The van der Waals surface area contributed by atoms with E-state index in [9.17, 15) is 4.79 Å². The number of carbonyl (C=O) groups excluding carboxylic acids is 1. The lowest BCUT2D eigenvalue weighted by molar-refractivity contribution is 0.0601. The van der Waals surface area contributed by atoms with E-state index >= 15 is 0 Å². The summed E-state index contributed by atoms with van der Waals surface area (Å²) in [5.41, 5.74) is 8.01. The molecule has 0 amide bonds. The predicted octanol–water partition coefficient (Wildman–Crippen LogP) is 10.0. The first-order chi connectivity index (χ1) is 20.1. The van der Waals surface area contributed by atoms with E-state index in [0.29, 0.717) is 41.3 Å². The number of allylic oxidation sites excluding steroid dienone is 1. The van der Waals surface area contributed by atoms with Crippen molar-refractivity contribution < 1.29 is 18.7 Å². The maximum Gasteiger partial charge on any atom is 0.337 e. The largest absolute Gasteiger partial charge is 0.497 e. The molecule has 0 N–H and O–H groups in total. The Balaban J connectivity index is 1.99. The molecule has 1 heterocycles. The molecule has 1 aliphatic carbocycles. The predicted molar refractivity (Wildman–Crippen MR) is 177 cm³/mol. The molecular weight excluding hydrogens is 538 g/mol. The van der Waals surface area contributed by atoms with Gasteiger partial charge in [-0.15, -0.1) is 6.58 Å². The zero-order valence-electron chi connectivity index (χ0n) is 27.1. The summed E-state index contributed by atoms with van der Waals surface area (Å²) in [6.07, 6.45) is 8.06. The number of benzene rings is 2. The molecule has 1 fully saturated rings. The molecule has 42 heavy (non-hydrogen) atoms. The van der Waals surface area contributed by atoms with Crippen molar-refractivity contribution in [2.45, 2.75) is 109 Å². The summed E-state index contributed by atoms with van der Waals surface area (Å²) >= 11 is 0. The first-order valence-electron chi connectivity index (χ1n) is 15.8. The van der Waals surface area contributed by atoms with E-state index in [0.717, 1.165) is 16.8 Å². The van der Waals surface area contributed by atoms with E-state index in [1.54, 1.807) is 7.11 Å². The Hall–Kier alpha value is -2.83. The van der Waals surface area contributed by atoms with Crippen LogP contribution in [0.15, 0.2) is 49.1 Å². The van der Waals surface area contributed by atoms with Crippen LogP contribution >= 0.6 is 0 Å². The van der Waals surface area contributed by atoms with Crippen LogP contribution in [0.2, 0.25) is 16.6 Å². The van der Waals surface area contributed by atoms with E-state index in [2.05, 4.69) is 77.0 Å². The Morgan fingerprint density at radius 3 is 2.21 bits per heavy atom. The van der Waals surface area contributed by atoms with Gasteiger partial charge in [0.25, 0.3) is 0 Å². The standard InChI is InChI=1S/C36H51NO4Si/c1-10-20-37-33-22-28(36(38)40-9)16-18-32(33)34(27-14-12-11-13-15-27)35(37)31-19-17-30(39-8)21-29(31)23-41-42(24(2)3,25(4)5)26(6)7/h10,16-19,21-22,24-27H,1,11-15,20,23H2,2-9H3. The van der Waals surface area contributed by atoms with Gasteiger partial charge in [0.1, 0.15) is 5.75 Å². The SMILES string of the molecule is C=CCn1c(-c2ccc(OC)cc2CO[Si](C(C)C)(C(C)C)C(C)C)c(C2CCCCC2)c2ccc(C(=O)OC)cc21. The molecule has 0 aliphatic heterocycles. The van der Waals surface area contributed by atoms with E-state index < -0.39 is 8.32 Å². The molecule has 1 aromatic heterocycles. The number of aromatic nitrogens is 1. The zero-order chi connectivity index (χ0) is 30.6. The summed E-state index contributed by atoms with van der Waals surface area (Å²) in [4.78, 5) is 12.6. The van der Waals surface area contributed by atoms with Gasteiger partial charge in [0.15, 0.2) is 0 Å². The summed E-state index contributed by atoms with van der Waals surface area (Å²) in [5, 5.41) is 1.21. The number of hydrogen-bond acceptors (Lipinski definition) is 4. The summed E-state index contributed by atoms with van der Waals surface area (Å²) in [7, 11) is 1.06. The molecule has 1 aliphatic rings. The second kappa shape index (κ2) is 13.6. The second-order valence-corrected chi connectivity index (χ2v) is 18.3. The van der Waals surface area contributed by atoms with E-state index in [4.69, 9.17) is 13.9 Å². The number of hydrogen-bond donors (Lipinski definition) is 0. The van der Waals surface area contributed by atoms with Gasteiger partial charge in [-0.05, 0) is 76.8 Å². The third kappa shape index (κ3) is 5.98. The molecule has 0 saturated heterocycles. The van der Waals surface area contributed by atoms with Crippen molar-refractivity contribution in [2.75, 3.05) is 14.2 Å². The highest BCUT2D eigenvalue weighted by atomic mass is 28.4. The van der Waals surface area contributed by atoms with Crippen LogP contribution in [0.1, 0.15) is 101 Å². The lowest BCUT2D eigenvalue weighted by Gasteiger charge is -2.42. The normalized spacial score (nSPS) is 14.7. The molecule has 0 atom stereocenters. The van der Waals surface area contributed by atoms with Crippen molar-refractivity contribution in [3.8, 4) is 17.0 Å². The van der Waals surface area contributed by atoms with Crippen molar-refractivity contribution in [3.63, 3.8) is 0 Å². The lowest BCUT2D eigenvalue weighted by atomic mass is 9.81. The van der Waals surface area contributed by atoms with E-state index in [-0.39, 0.29) is 5.97 Å². The highest BCUT2D eigenvalue weighted by molar-refractivity contribution is 6.77. The fraction of sp³-hybridized carbons (Fsp3) is 0.528. The first kappa shape index (κ1) is 32.1. The average molecular weight is 590 g/mol. The number of ether oxygens (including phenoxy) is 2. The molecule has 0 radical (unpaired) electrons. The van der Waals surface area contributed by atoms with Gasteiger partial charge in [0, 0.05) is 23.0 Å². The number of carbonyl (C=O) groups is 1. The number of methoxy groups -OCH3 is 2. The highest BCUT2D eigenvalue weighted by Gasteiger charge is 2.45. The quantitative estimate of drug-likeness (QED) is 0.120. The van der Waals surface area contributed by atoms with Gasteiger partial charge in [0.05, 0.1) is 32.1 Å². The van der Waals surface area contributed by atoms with Crippen molar-refractivity contribution in [1.82, 2.24) is 4.57 Å². The molecule has 0 bridgehead atoms. The molecule has 0 unspecified atom stereocenters. The molecule has 5 nitrogen and oxygen atoms in total. The molecule has 4 rings (SSSR count). The molecule has 3 aromatic rings. The smallest absolute Gasteiger partial charge is 0.337 e. The number of rotatable bonds is 12. The molecule has 228 valence electrons. The monoisotopic (exact) mass is 589 g/mol. The highest BCUT2D eigenvalue weighted by Crippen LogP contribution is 2.47. The van der Waals surface area contributed by atoms with E-state index in [1.807, 2.05) is 18.2 Å². The minimum Gasteiger partial charge on any atom is -0.497 e. The minimum atomic E-state index is -2.11. The molecule has 2 aromatic carbocycles. The summed E-state index contributed by atoms with van der Waals surface area (Å²) in [6, 6.07) is 12.5. The van der Waals surface area contributed by atoms with Gasteiger partial charge in [-0.25, -0.2) is 4.79 Å². The first-order valence-corrected chi connectivity index (χ1v) is 17.9. The van der Waals surface area contributed by atoms with Crippen molar-refractivity contribution in [2.24, 2.45) is 0 Å². The summed E-state index contributed by atoms with van der Waals surface area (Å²) in [5.74, 6) is 0.972. The third-order valence-corrected chi connectivity index (χ3v) is 15.7. The van der Waals surface area contributed by atoms with Gasteiger partial charge < -0.3 is 18.5 Å². The van der Waals surface area contributed by atoms with Crippen LogP contribution in [0.5, 0.6) is 5.75 Å². The summed E-state index contributed by atoms with van der Waals surface area (Å²) < 4.78 is 20.4. The van der Waals surface area contributed by atoms with Gasteiger partial charge in [-0.3, -0.25) is 0 Å². The minimum absolute atomic E-state index is 0.320. The number of fused-ring (bicyclic) bond motifs is 1. The Labute approximate surface area is 254 Å². The number of nitrogens with zero attached hydrogens (tertiary/aromatic N) is 1. The molecular formula is C36H51NO4Si. The molecule has 6 heteroatoms. The van der Waals surface area contributed by atoms with Crippen molar-refractivity contribution in [1.29, 1.82) is 0 Å². The van der Waals surface area contributed by atoms with Crippen LogP contribution in [0.25, 0.3) is 22.2 Å². The molecule has 1 saturated carbocycles. The van der Waals surface area contributed by atoms with Gasteiger partial charge in [-0.2, -0.15) is 0 Å². The fourth-order valence-corrected chi connectivity index (χ4v) is 13.2. The maximum absolute atomic E-state index is 12.6. The van der Waals surface area contributed by atoms with Crippen LogP contribution < -0.4 is 4.74 Å².